The van der Waals surface area contributed by atoms with Gasteiger partial charge in [-0.2, -0.15) is 0 Å². The van der Waals surface area contributed by atoms with Gasteiger partial charge in [0.1, 0.15) is 0 Å². The summed E-state index contributed by atoms with van der Waals surface area (Å²) in [5.41, 5.74) is 0.0425. The first-order valence-electron chi connectivity index (χ1n) is 9.81. The molecule has 1 saturated heterocycles. The number of aliphatic imine (C=N–C) groups is 1. The second-order valence-corrected chi connectivity index (χ2v) is 7.98. The highest BCUT2D eigenvalue weighted by atomic mass is 127. The molecule has 1 heterocycles. The molecule has 1 rings (SSSR count). The summed E-state index contributed by atoms with van der Waals surface area (Å²) in [6, 6.07) is 0. The molecule has 0 amide bonds. The van der Waals surface area contributed by atoms with Crippen LogP contribution in [0.4, 0.5) is 0 Å². The summed E-state index contributed by atoms with van der Waals surface area (Å²) in [7, 11) is 5.71. The lowest BCUT2D eigenvalue weighted by Crippen LogP contribution is -2.59. The first kappa shape index (κ1) is 26.8. The molecule has 1 fully saturated rings. The van der Waals surface area contributed by atoms with Gasteiger partial charge >= 0.3 is 0 Å². The lowest BCUT2D eigenvalue weighted by molar-refractivity contribution is -0.0946. The highest BCUT2D eigenvalue weighted by molar-refractivity contribution is 14.0. The molecule has 7 nitrogen and oxygen atoms in total. The van der Waals surface area contributed by atoms with Crippen molar-refractivity contribution < 1.29 is 9.47 Å². The van der Waals surface area contributed by atoms with Crippen LogP contribution >= 0.6 is 24.0 Å². The molecule has 0 aromatic rings. The van der Waals surface area contributed by atoms with Crippen LogP contribution in [-0.4, -0.2) is 101 Å². The summed E-state index contributed by atoms with van der Waals surface area (Å²) >= 11 is 0. The fourth-order valence-corrected chi connectivity index (χ4v) is 3.26. The average molecular weight is 499 g/mol. The van der Waals surface area contributed by atoms with Gasteiger partial charge in [-0.3, -0.25) is 9.89 Å². The van der Waals surface area contributed by atoms with Crippen LogP contribution in [-0.2, 0) is 9.47 Å². The number of halogens is 1. The lowest BCUT2D eigenvalue weighted by atomic mass is 10.00. The van der Waals surface area contributed by atoms with Crippen molar-refractivity contribution in [3.8, 4) is 0 Å². The quantitative estimate of drug-likeness (QED) is 0.206. The lowest BCUT2D eigenvalue weighted by Gasteiger charge is -2.45. The van der Waals surface area contributed by atoms with Gasteiger partial charge in [0.15, 0.2) is 5.96 Å². The van der Waals surface area contributed by atoms with E-state index in [4.69, 9.17) is 9.47 Å². The van der Waals surface area contributed by atoms with E-state index in [9.17, 15) is 0 Å². The maximum atomic E-state index is 5.86. The molecule has 1 aliphatic rings. The predicted molar refractivity (Wildman–Crippen MR) is 124 cm³/mol. The van der Waals surface area contributed by atoms with E-state index in [0.717, 1.165) is 58.3 Å². The molecule has 0 aliphatic carbocycles. The van der Waals surface area contributed by atoms with Gasteiger partial charge in [-0.25, -0.2) is 0 Å². The second-order valence-electron chi connectivity index (χ2n) is 7.98. The van der Waals surface area contributed by atoms with Crippen LogP contribution in [0.15, 0.2) is 4.99 Å². The van der Waals surface area contributed by atoms with Crippen molar-refractivity contribution in [1.82, 2.24) is 20.4 Å². The Morgan fingerprint density at radius 1 is 1.22 bits per heavy atom. The van der Waals surface area contributed by atoms with E-state index in [1.807, 2.05) is 7.05 Å². The maximum absolute atomic E-state index is 5.86. The van der Waals surface area contributed by atoms with Gasteiger partial charge in [0.05, 0.1) is 12.2 Å². The standard InChI is InChI=1S/C19H41N5O2.HI/c1-16-13-24(14-17(2)26-16)19(3,4)15-22-18(20-5)21-9-11-23(6)10-8-12-25-7;/h16-17H,8-15H2,1-7H3,(H2,20,21,22);1H. The first-order chi connectivity index (χ1) is 12.3. The van der Waals surface area contributed by atoms with E-state index in [-0.39, 0.29) is 41.7 Å². The Balaban J connectivity index is 0.00000676. The zero-order valence-corrected chi connectivity index (χ0v) is 20.7. The van der Waals surface area contributed by atoms with Gasteiger partial charge in [-0.05, 0) is 41.2 Å². The molecule has 162 valence electrons. The van der Waals surface area contributed by atoms with E-state index in [1.54, 1.807) is 7.11 Å². The molecule has 1 aliphatic heterocycles. The van der Waals surface area contributed by atoms with Crippen LogP contribution < -0.4 is 10.6 Å². The minimum atomic E-state index is 0. The zero-order chi connectivity index (χ0) is 19.6. The van der Waals surface area contributed by atoms with Gasteiger partial charge in [-0.15, -0.1) is 24.0 Å². The number of rotatable bonds is 10. The molecule has 27 heavy (non-hydrogen) atoms. The van der Waals surface area contributed by atoms with E-state index in [0.29, 0.717) is 0 Å². The van der Waals surface area contributed by atoms with Crippen LogP contribution in [0.25, 0.3) is 0 Å². The number of methoxy groups -OCH3 is 1. The molecule has 2 atom stereocenters. The number of ether oxygens (including phenoxy) is 2. The minimum Gasteiger partial charge on any atom is -0.385 e. The Bertz CT molecular complexity index is 413. The zero-order valence-electron chi connectivity index (χ0n) is 18.4. The number of nitrogens with one attached hydrogen (secondary N) is 2. The van der Waals surface area contributed by atoms with Crippen LogP contribution in [0.1, 0.15) is 34.1 Å². The molecule has 0 aromatic carbocycles. The Morgan fingerprint density at radius 3 is 2.41 bits per heavy atom. The topological polar surface area (TPSA) is 61.4 Å². The third kappa shape index (κ3) is 10.8. The molecule has 8 heteroatoms. The molecule has 0 spiro atoms. The normalized spacial score (nSPS) is 21.9. The average Bonchev–Trinajstić information content (AvgIpc) is 2.57. The number of hydrogen-bond donors (Lipinski definition) is 2. The van der Waals surface area contributed by atoms with Crippen molar-refractivity contribution in [1.29, 1.82) is 0 Å². The minimum absolute atomic E-state index is 0. The summed E-state index contributed by atoms with van der Waals surface area (Å²) in [6.45, 7) is 15.3. The molecule has 0 bridgehead atoms. The van der Waals surface area contributed by atoms with Gasteiger partial charge < -0.3 is 25.0 Å². The summed E-state index contributed by atoms with van der Waals surface area (Å²) in [5.74, 6) is 0.859. The highest BCUT2D eigenvalue weighted by Crippen LogP contribution is 2.20. The van der Waals surface area contributed by atoms with Crippen LogP contribution in [0, 0.1) is 0 Å². The Kier molecular flexibility index (Phi) is 13.8. The maximum Gasteiger partial charge on any atom is 0.191 e. The van der Waals surface area contributed by atoms with E-state index >= 15 is 0 Å². The highest BCUT2D eigenvalue weighted by Gasteiger charge is 2.33. The van der Waals surface area contributed by atoms with Gasteiger partial charge in [0.2, 0.25) is 0 Å². The number of likely N-dealkylation sites (N-methyl/N-ethyl adjacent to an activating group) is 1. The van der Waals surface area contributed by atoms with E-state index in [1.165, 1.54) is 0 Å². The predicted octanol–water partition coefficient (Wildman–Crippen LogP) is 1.63. The Morgan fingerprint density at radius 2 is 1.85 bits per heavy atom. The van der Waals surface area contributed by atoms with Crippen molar-refractivity contribution in [3.05, 3.63) is 0 Å². The fraction of sp³-hybridized carbons (Fsp3) is 0.947. The summed E-state index contributed by atoms with van der Waals surface area (Å²) in [6.07, 6.45) is 1.62. The monoisotopic (exact) mass is 499 g/mol. The van der Waals surface area contributed by atoms with Crippen LogP contribution in [0.2, 0.25) is 0 Å². The Labute approximate surface area is 183 Å². The van der Waals surface area contributed by atoms with Crippen molar-refractivity contribution in [2.45, 2.75) is 51.9 Å². The fourth-order valence-electron chi connectivity index (χ4n) is 3.26. The smallest absolute Gasteiger partial charge is 0.191 e. The number of nitrogens with zero attached hydrogens (tertiary/aromatic N) is 3. The van der Waals surface area contributed by atoms with Crippen LogP contribution in [0.3, 0.4) is 0 Å². The van der Waals surface area contributed by atoms with Gasteiger partial charge in [-0.1, -0.05) is 0 Å². The third-order valence-corrected chi connectivity index (χ3v) is 4.86. The Hall–Kier alpha value is -0.160. The van der Waals surface area contributed by atoms with Crippen molar-refractivity contribution >= 4 is 29.9 Å². The first-order valence-corrected chi connectivity index (χ1v) is 9.81. The molecule has 2 N–H and O–H groups in total. The van der Waals surface area contributed by atoms with Crippen molar-refractivity contribution in [3.63, 3.8) is 0 Å². The number of morpholine rings is 1. The second kappa shape index (κ2) is 13.9. The summed E-state index contributed by atoms with van der Waals surface area (Å²) in [4.78, 5) is 9.17. The SMILES string of the molecule is CN=C(NCCN(C)CCCOC)NCC(C)(C)N1CC(C)OC(C)C1.I. The van der Waals surface area contributed by atoms with Gasteiger partial charge in [0.25, 0.3) is 0 Å². The van der Waals surface area contributed by atoms with Crippen molar-refractivity contribution in [2.75, 3.05) is 67.1 Å². The largest absolute Gasteiger partial charge is 0.385 e. The third-order valence-electron chi connectivity index (χ3n) is 4.86. The van der Waals surface area contributed by atoms with E-state index < -0.39 is 0 Å². The molecule has 0 radical (unpaired) electrons. The molecule has 0 aromatic heterocycles. The van der Waals surface area contributed by atoms with Gasteiger partial charge in [0, 0.05) is 65.6 Å². The molecular formula is C19H42IN5O2. The molecule has 2 unspecified atom stereocenters. The summed E-state index contributed by atoms with van der Waals surface area (Å²) in [5, 5.41) is 6.89. The van der Waals surface area contributed by atoms with E-state index in [2.05, 4.69) is 60.2 Å². The summed E-state index contributed by atoms with van der Waals surface area (Å²) < 4.78 is 11.0. The molecule has 0 saturated carbocycles. The van der Waals surface area contributed by atoms with Crippen molar-refractivity contribution in [2.24, 2.45) is 4.99 Å². The van der Waals surface area contributed by atoms with Crippen LogP contribution in [0.5, 0.6) is 0 Å². The molecular weight excluding hydrogens is 457 g/mol. The number of hydrogen-bond acceptors (Lipinski definition) is 5. The number of guanidine groups is 1.